The number of nitrogens with zero attached hydrogens (tertiary/aromatic N) is 2. The fourth-order valence-corrected chi connectivity index (χ4v) is 4.04. The number of anilines is 1. The Bertz CT molecular complexity index is 880. The third-order valence-electron chi connectivity index (χ3n) is 4.15. The molecule has 0 unspecified atom stereocenters. The zero-order valence-corrected chi connectivity index (χ0v) is 17.8. The van der Waals surface area contributed by atoms with Crippen molar-refractivity contribution in [1.29, 1.82) is 0 Å². The Kier molecular flexibility index (Phi) is 6.51. The van der Waals surface area contributed by atoms with Gasteiger partial charge in [0.05, 0.1) is 41.7 Å². The Morgan fingerprint density at radius 1 is 1.26 bits per heavy atom. The molecule has 0 aliphatic carbocycles. The molecule has 1 fully saturated rings. The average molecular weight is 498 g/mol. The molecule has 1 N–H and O–H groups in total. The number of hydrogen-bond donors (Lipinski definition) is 1. The lowest BCUT2D eigenvalue weighted by Gasteiger charge is -2.30. The fraction of sp³-hybridized carbons (Fsp3) is 0.263. The first-order valence-electron chi connectivity index (χ1n) is 8.26. The van der Waals surface area contributed by atoms with Gasteiger partial charge in [0.25, 0.3) is 0 Å². The van der Waals surface area contributed by atoms with E-state index in [0.717, 1.165) is 10.2 Å². The van der Waals surface area contributed by atoms with Crippen LogP contribution in [0.5, 0.6) is 5.75 Å². The zero-order chi connectivity index (χ0) is 19.4. The van der Waals surface area contributed by atoms with Gasteiger partial charge in [-0.1, -0.05) is 15.9 Å². The molecule has 0 atom stereocenters. The minimum atomic E-state index is -0.415. The van der Waals surface area contributed by atoms with E-state index < -0.39 is 5.97 Å². The molecule has 1 heterocycles. The maximum atomic E-state index is 12.3. The normalized spacial score (nSPS) is 14.6. The van der Waals surface area contributed by atoms with Crippen molar-refractivity contribution in [3.63, 3.8) is 0 Å². The molecule has 27 heavy (non-hydrogen) atoms. The number of benzene rings is 2. The Morgan fingerprint density at radius 3 is 2.70 bits per heavy atom. The Hall–Kier alpha value is -1.90. The van der Waals surface area contributed by atoms with E-state index in [1.165, 1.54) is 7.11 Å². The van der Waals surface area contributed by atoms with Crippen LogP contribution in [0, 0.1) is 0 Å². The minimum absolute atomic E-state index is 0.0973. The smallest absolute Gasteiger partial charge is 0.340 e. The maximum absolute atomic E-state index is 12.3. The molecule has 0 aromatic heterocycles. The Labute approximate surface area is 174 Å². The van der Waals surface area contributed by atoms with Crippen LogP contribution in [0.4, 0.5) is 11.4 Å². The van der Waals surface area contributed by atoms with E-state index >= 15 is 0 Å². The molecule has 0 amide bonds. The van der Waals surface area contributed by atoms with Crippen LogP contribution in [-0.4, -0.2) is 50.7 Å². The molecule has 0 saturated carbocycles. The van der Waals surface area contributed by atoms with Gasteiger partial charge < -0.3 is 19.5 Å². The summed E-state index contributed by atoms with van der Waals surface area (Å²) in [6, 6.07) is 8.89. The summed E-state index contributed by atoms with van der Waals surface area (Å²) in [5.41, 5.74) is 2.39. The van der Waals surface area contributed by atoms with Crippen LogP contribution in [0.3, 0.4) is 0 Å². The lowest BCUT2D eigenvalue weighted by Crippen LogP contribution is -2.37. The summed E-state index contributed by atoms with van der Waals surface area (Å²) in [6.45, 7) is 2.67. The van der Waals surface area contributed by atoms with E-state index in [4.69, 9.17) is 9.47 Å². The van der Waals surface area contributed by atoms with Gasteiger partial charge in [0, 0.05) is 29.3 Å². The number of carbonyl (C=O) groups excluding carboxylic acids is 1. The highest BCUT2D eigenvalue weighted by Crippen LogP contribution is 2.32. The summed E-state index contributed by atoms with van der Waals surface area (Å²) in [6.07, 6.45) is 1.55. The number of aromatic hydroxyl groups is 1. The Balaban J connectivity index is 1.94. The number of phenols is 1. The molecule has 2 aromatic rings. The summed E-state index contributed by atoms with van der Waals surface area (Å²) < 4.78 is 11.7. The lowest BCUT2D eigenvalue weighted by atomic mass is 10.1. The number of rotatable bonds is 4. The van der Waals surface area contributed by atoms with Crippen molar-refractivity contribution in [2.45, 2.75) is 0 Å². The summed E-state index contributed by atoms with van der Waals surface area (Å²) in [4.78, 5) is 18.8. The number of aliphatic imine (C=N–C) groups is 1. The first-order chi connectivity index (χ1) is 13.0. The number of hydrogen-bond acceptors (Lipinski definition) is 6. The van der Waals surface area contributed by atoms with Crippen molar-refractivity contribution >= 4 is 55.4 Å². The number of phenolic OH excluding ortho intramolecular Hbond substituents is 1. The van der Waals surface area contributed by atoms with E-state index in [1.54, 1.807) is 24.4 Å². The number of ether oxygens (including phenoxy) is 2. The first kappa shape index (κ1) is 19.9. The van der Waals surface area contributed by atoms with E-state index in [9.17, 15) is 9.90 Å². The van der Waals surface area contributed by atoms with Crippen LogP contribution in [0.1, 0.15) is 15.9 Å². The molecule has 0 radical (unpaired) electrons. The van der Waals surface area contributed by atoms with Crippen LogP contribution in [0.2, 0.25) is 0 Å². The number of carbonyl (C=O) groups is 1. The van der Waals surface area contributed by atoms with E-state index in [-0.39, 0.29) is 5.75 Å². The van der Waals surface area contributed by atoms with Crippen LogP contribution in [0.25, 0.3) is 0 Å². The van der Waals surface area contributed by atoms with Crippen molar-refractivity contribution in [2.75, 3.05) is 38.3 Å². The molecule has 1 aliphatic rings. The van der Waals surface area contributed by atoms with Gasteiger partial charge in [-0.05, 0) is 46.3 Å². The highest BCUT2D eigenvalue weighted by atomic mass is 79.9. The summed E-state index contributed by atoms with van der Waals surface area (Å²) >= 11 is 6.69. The van der Waals surface area contributed by atoms with Crippen molar-refractivity contribution in [1.82, 2.24) is 0 Å². The standard InChI is InChI=1S/C19H18Br2N2O4/c1-26-19(25)15-10-14(2-3-17(15)23-4-6-27-7-5-23)22-11-12-8-13(20)9-16(21)18(12)24/h2-3,8-11,24H,4-7H2,1H3. The molecule has 3 rings (SSSR count). The predicted octanol–water partition coefficient (Wildman–Crippen LogP) is 4.29. The molecule has 8 heteroatoms. The molecule has 2 aromatic carbocycles. The van der Waals surface area contributed by atoms with Gasteiger partial charge in [-0.2, -0.15) is 0 Å². The predicted molar refractivity (Wildman–Crippen MR) is 112 cm³/mol. The first-order valence-corrected chi connectivity index (χ1v) is 9.85. The third kappa shape index (κ3) is 4.69. The quantitative estimate of drug-likeness (QED) is 0.504. The molecule has 1 saturated heterocycles. The van der Waals surface area contributed by atoms with Gasteiger partial charge in [0.2, 0.25) is 0 Å². The second-order valence-corrected chi connectivity index (χ2v) is 7.65. The van der Waals surface area contributed by atoms with Gasteiger partial charge in [0.1, 0.15) is 5.75 Å². The molecule has 1 aliphatic heterocycles. The van der Waals surface area contributed by atoms with Crippen molar-refractivity contribution in [3.05, 3.63) is 50.4 Å². The van der Waals surface area contributed by atoms with Crippen molar-refractivity contribution in [3.8, 4) is 5.75 Å². The Morgan fingerprint density at radius 2 is 2.00 bits per heavy atom. The van der Waals surface area contributed by atoms with Crippen LogP contribution < -0.4 is 4.90 Å². The number of morpholine rings is 1. The largest absolute Gasteiger partial charge is 0.506 e. The molecule has 6 nitrogen and oxygen atoms in total. The van der Waals surface area contributed by atoms with E-state index in [2.05, 4.69) is 41.8 Å². The molecule has 0 bridgehead atoms. The van der Waals surface area contributed by atoms with Crippen molar-refractivity contribution < 1.29 is 19.4 Å². The topological polar surface area (TPSA) is 71.4 Å². The van der Waals surface area contributed by atoms with Gasteiger partial charge in [-0.3, -0.25) is 4.99 Å². The molecular formula is C19H18Br2N2O4. The third-order valence-corrected chi connectivity index (χ3v) is 5.21. The highest BCUT2D eigenvalue weighted by molar-refractivity contribution is 9.11. The SMILES string of the molecule is COC(=O)c1cc(N=Cc2cc(Br)cc(Br)c2O)ccc1N1CCOCC1. The molecular weight excluding hydrogens is 480 g/mol. The average Bonchev–Trinajstić information content (AvgIpc) is 2.69. The lowest BCUT2D eigenvalue weighted by molar-refractivity contribution is 0.0600. The van der Waals surface area contributed by atoms with E-state index in [1.807, 2.05) is 12.1 Å². The van der Waals surface area contributed by atoms with Gasteiger partial charge >= 0.3 is 5.97 Å². The van der Waals surface area contributed by atoms with E-state index in [0.29, 0.717) is 47.6 Å². The zero-order valence-electron chi connectivity index (χ0n) is 14.6. The number of methoxy groups -OCH3 is 1. The highest BCUT2D eigenvalue weighted by Gasteiger charge is 2.19. The summed E-state index contributed by atoms with van der Waals surface area (Å²) in [7, 11) is 1.36. The van der Waals surface area contributed by atoms with Gasteiger partial charge in [0.15, 0.2) is 0 Å². The minimum Gasteiger partial charge on any atom is -0.506 e. The second-order valence-electron chi connectivity index (χ2n) is 5.88. The second kappa shape index (κ2) is 8.86. The molecule has 142 valence electrons. The molecule has 0 spiro atoms. The number of halogens is 2. The monoisotopic (exact) mass is 496 g/mol. The van der Waals surface area contributed by atoms with Crippen LogP contribution in [0.15, 0.2) is 44.3 Å². The van der Waals surface area contributed by atoms with Crippen LogP contribution >= 0.6 is 31.9 Å². The maximum Gasteiger partial charge on any atom is 0.340 e. The van der Waals surface area contributed by atoms with Crippen molar-refractivity contribution in [2.24, 2.45) is 4.99 Å². The summed E-state index contributed by atoms with van der Waals surface area (Å²) in [5, 5.41) is 10.1. The summed E-state index contributed by atoms with van der Waals surface area (Å²) in [5.74, 6) is -0.318. The fourth-order valence-electron chi connectivity index (χ4n) is 2.79. The van der Waals surface area contributed by atoms with Gasteiger partial charge in [-0.25, -0.2) is 4.79 Å². The van der Waals surface area contributed by atoms with Crippen LogP contribution in [-0.2, 0) is 9.47 Å². The van der Waals surface area contributed by atoms with Gasteiger partial charge in [-0.15, -0.1) is 0 Å². The number of esters is 1.